The highest BCUT2D eigenvalue weighted by Gasteiger charge is 2.42. The zero-order valence-corrected chi connectivity index (χ0v) is 9.83. The molecule has 0 aromatic heterocycles. The second-order valence-electron chi connectivity index (χ2n) is 4.94. The predicted molar refractivity (Wildman–Crippen MR) is 60.7 cm³/mol. The fraction of sp³-hybridized carbons (Fsp3) is 0.917. The highest BCUT2D eigenvalue weighted by atomic mass is 16.2. The van der Waals surface area contributed by atoms with E-state index in [-0.39, 0.29) is 6.03 Å². The summed E-state index contributed by atoms with van der Waals surface area (Å²) in [7, 11) is 0. The molecule has 86 valence electrons. The maximum atomic E-state index is 11.9. The Bertz CT molecular complexity index is 242. The number of nitrogens with one attached hydrogen (secondary N) is 1. The van der Waals surface area contributed by atoms with E-state index < -0.39 is 0 Å². The van der Waals surface area contributed by atoms with Gasteiger partial charge in [0.1, 0.15) is 0 Å². The number of hydrogen-bond donors (Lipinski definition) is 1. The number of hydrogen-bond acceptors (Lipinski definition) is 1. The van der Waals surface area contributed by atoms with Crippen LogP contribution in [0.15, 0.2) is 0 Å². The number of amides is 2. The minimum absolute atomic E-state index is 0.152. The van der Waals surface area contributed by atoms with Gasteiger partial charge in [-0.15, -0.1) is 0 Å². The van der Waals surface area contributed by atoms with Crippen molar-refractivity contribution in [3.05, 3.63) is 0 Å². The molecule has 2 aliphatic rings. The molecule has 1 aliphatic carbocycles. The Hall–Kier alpha value is -0.730. The highest BCUT2D eigenvalue weighted by molar-refractivity contribution is 5.75. The van der Waals surface area contributed by atoms with Crippen molar-refractivity contribution < 1.29 is 4.79 Å². The van der Waals surface area contributed by atoms with Gasteiger partial charge in [0.15, 0.2) is 0 Å². The Kier molecular flexibility index (Phi) is 3.17. The fourth-order valence-corrected chi connectivity index (χ4v) is 3.30. The summed E-state index contributed by atoms with van der Waals surface area (Å²) in [6.07, 6.45) is 6.40. The van der Waals surface area contributed by atoms with Crippen LogP contribution in [0.5, 0.6) is 0 Å². The van der Waals surface area contributed by atoms with Gasteiger partial charge in [-0.2, -0.15) is 0 Å². The standard InChI is InChI=1S/C12H22N2O/c1-3-13-12(15)14-9(2)8-10-6-4-5-7-11(10)14/h9-11H,3-8H2,1-2H3,(H,13,15)/t9-,10-,11-/m1/s1. The molecule has 1 heterocycles. The molecule has 0 unspecified atom stereocenters. The maximum absolute atomic E-state index is 11.9. The Balaban J connectivity index is 2.05. The second kappa shape index (κ2) is 4.42. The van der Waals surface area contributed by atoms with E-state index in [9.17, 15) is 4.79 Å². The van der Waals surface area contributed by atoms with Gasteiger partial charge in [0, 0.05) is 18.6 Å². The van der Waals surface area contributed by atoms with E-state index >= 15 is 0 Å². The molecule has 3 nitrogen and oxygen atoms in total. The molecule has 1 saturated heterocycles. The first-order valence-electron chi connectivity index (χ1n) is 6.30. The Morgan fingerprint density at radius 3 is 2.87 bits per heavy atom. The molecule has 0 aromatic carbocycles. The maximum Gasteiger partial charge on any atom is 0.317 e. The number of carbonyl (C=O) groups excluding carboxylic acids is 1. The lowest BCUT2D eigenvalue weighted by Gasteiger charge is -2.33. The first-order valence-corrected chi connectivity index (χ1v) is 6.30. The van der Waals surface area contributed by atoms with E-state index in [1.54, 1.807) is 0 Å². The molecule has 0 bridgehead atoms. The third kappa shape index (κ3) is 1.97. The Morgan fingerprint density at radius 2 is 2.13 bits per heavy atom. The number of carbonyl (C=O) groups is 1. The second-order valence-corrected chi connectivity index (χ2v) is 4.94. The monoisotopic (exact) mass is 210 g/mol. The SMILES string of the molecule is CCNC(=O)N1[C@H](C)C[C@H]2CCCC[C@H]21. The van der Waals surface area contributed by atoms with Gasteiger partial charge in [0.2, 0.25) is 0 Å². The highest BCUT2D eigenvalue weighted by Crippen LogP contribution is 2.39. The molecule has 3 atom stereocenters. The van der Waals surface area contributed by atoms with Crippen molar-refractivity contribution in [1.29, 1.82) is 0 Å². The summed E-state index contributed by atoms with van der Waals surface area (Å²) in [5, 5.41) is 2.94. The van der Waals surface area contributed by atoms with E-state index in [2.05, 4.69) is 17.1 Å². The van der Waals surface area contributed by atoms with E-state index in [1.165, 1.54) is 32.1 Å². The summed E-state index contributed by atoms with van der Waals surface area (Å²) in [5.74, 6) is 0.774. The van der Waals surface area contributed by atoms with Gasteiger partial charge in [-0.3, -0.25) is 0 Å². The van der Waals surface area contributed by atoms with Crippen molar-refractivity contribution in [2.45, 2.75) is 58.0 Å². The number of likely N-dealkylation sites (tertiary alicyclic amines) is 1. The summed E-state index contributed by atoms with van der Waals surface area (Å²) in [4.78, 5) is 14.0. The van der Waals surface area contributed by atoms with Gasteiger partial charge in [-0.05, 0) is 39.0 Å². The summed E-state index contributed by atoms with van der Waals surface area (Å²) in [5.41, 5.74) is 0. The normalized spacial score (nSPS) is 35.1. The van der Waals surface area contributed by atoms with Gasteiger partial charge < -0.3 is 10.2 Å². The van der Waals surface area contributed by atoms with Crippen LogP contribution in [0.3, 0.4) is 0 Å². The summed E-state index contributed by atoms with van der Waals surface area (Å²) in [6, 6.07) is 1.12. The molecular formula is C12H22N2O. The van der Waals surface area contributed by atoms with E-state index in [0.29, 0.717) is 12.1 Å². The van der Waals surface area contributed by atoms with Crippen LogP contribution in [-0.4, -0.2) is 29.6 Å². The molecular weight excluding hydrogens is 188 g/mol. The van der Waals surface area contributed by atoms with Crippen LogP contribution in [0, 0.1) is 5.92 Å². The van der Waals surface area contributed by atoms with Crippen LogP contribution in [0.4, 0.5) is 4.79 Å². The molecule has 2 amide bonds. The molecule has 15 heavy (non-hydrogen) atoms. The third-order valence-corrected chi connectivity index (χ3v) is 3.91. The molecule has 1 N–H and O–H groups in total. The van der Waals surface area contributed by atoms with Gasteiger partial charge in [-0.25, -0.2) is 4.79 Å². The molecule has 1 aliphatic heterocycles. The number of rotatable bonds is 1. The summed E-state index contributed by atoms with van der Waals surface area (Å²) < 4.78 is 0. The van der Waals surface area contributed by atoms with E-state index in [4.69, 9.17) is 0 Å². The topological polar surface area (TPSA) is 32.3 Å². The van der Waals surface area contributed by atoms with Gasteiger partial charge in [-0.1, -0.05) is 12.8 Å². The van der Waals surface area contributed by atoms with Crippen LogP contribution in [-0.2, 0) is 0 Å². The molecule has 0 aromatic rings. The van der Waals surface area contributed by atoms with Gasteiger partial charge >= 0.3 is 6.03 Å². The number of fused-ring (bicyclic) bond motifs is 1. The van der Waals surface area contributed by atoms with E-state index in [0.717, 1.165) is 12.5 Å². The summed E-state index contributed by atoms with van der Waals surface area (Å²) >= 11 is 0. The van der Waals surface area contributed by atoms with Crippen LogP contribution in [0.25, 0.3) is 0 Å². The van der Waals surface area contributed by atoms with Crippen molar-refractivity contribution in [1.82, 2.24) is 10.2 Å². The van der Waals surface area contributed by atoms with Crippen LogP contribution >= 0.6 is 0 Å². The zero-order chi connectivity index (χ0) is 10.8. The van der Waals surface area contributed by atoms with Crippen LogP contribution in [0.1, 0.15) is 46.0 Å². The Morgan fingerprint density at radius 1 is 1.40 bits per heavy atom. The minimum atomic E-state index is 0.152. The van der Waals surface area contributed by atoms with Gasteiger partial charge in [0.25, 0.3) is 0 Å². The average Bonchev–Trinajstić information content (AvgIpc) is 2.54. The van der Waals surface area contributed by atoms with E-state index in [1.807, 2.05) is 6.92 Å². The largest absolute Gasteiger partial charge is 0.338 e. The molecule has 0 spiro atoms. The number of urea groups is 1. The lowest BCUT2D eigenvalue weighted by Crippen LogP contribution is -2.47. The number of nitrogens with zero attached hydrogens (tertiary/aromatic N) is 1. The summed E-state index contributed by atoms with van der Waals surface area (Å²) in [6.45, 7) is 4.91. The fourth-order valence-electron chi connectivity index (χ4n) is 3.30. The van der Waals surface area contributed by atoms with Crippen molar-refractivity contribution in [2.24, 2.45) is 5.92 Å². The predicted octanol–water partition coefficient (Wildman–Crippen LogP) is 2.37. The first kappa shape index (κ1) is 10.8. The molecule has 2 rings (SSSR count). The lowest BCUT2D eigenvalue weighted by molar-refractivity contribution is 0.156. The molecule has 1 saturated carbocycles. The van der Waals surface area contributed by atoms with Crippen LogP contribution < -0.4 is 5.32 Å². The quantitative estimate of drug-likeness (QED) is 0.708. The van der Waals surface area contributed by atoms with Crippen molar-refractivity contribution in [3.63, 3.8) is 0 Å². The smallest absolute Gasteiger partial charge is 0.317 e. The van der Waals surface area contributed by atoms with Crippen molar-refractivity contribution in [2.75, 3.05) is 6.54 Å². The lowest BCUT2D eigenvalue weighted by atomic mass is 9.85. The third-order valence-electron chi connectivity index (χ3n) is 3.91. The molecule has 3 heteroatoms. The van der Waals surface area contributed by atoms with Crippen molar-refractivity contribution in [3.8, 4) is 0 Å². The average molecular weight is 210 g/mol. The zero-order valence-electron chi connectivity index (χ0n) is 9.83. The van der Waals surface area contributed by atoms with Gasteiger partial charge in [0.05, 0.1) is 0 Å². The van der Waals surface area contributed by atoms with Crippen molar-refractivity contribution >= 4 is 6.03 Å². The minimum Gasteiger partial charge on any atom is -0.338 e. The first-order chi connectivity index (χ1) is 7.24. The van der Waals surface area contributed by atoms with Crippen LogP contribution in [0.2, 0.25) is 0 Å². The molecule has 0 radical (unpaired) electrons. The Labute approximate surface area is 92.2 Å². The molecule has 2 fully saturated rings.